The summed E-state index contributed by atoms with van der Waals surface area (Å²) >= 11 is 3.46. The average molecular weight is 378 g/mol. The number of ether oxygens (including phenoxy) is 1. The van der Waals surface area contributed by atoms with Crippen LogP contribution in [-0.2, 0) is 10.2 Å². The molecule has 2 rings (SSSR count). The molecule has 0 heterocycles. The monoisotopic (exact) mass is 377 g/mol. The number of hydrogen-bond donors (Lipinski definition) is 2. The Morgan fingerprint density at radius 2 is 1.83 bits per heavy atom. The quantitative estimate of drug-likeness (QED) is 0.772. The van der Waals surface area contributed by atoms with Crippen LogP contribution in [0, 0.1) is 0 Å². The summed E-state index contributed by atoms with van der Waals surface area (Å²) in [6.45, 7) is 6.21. The van der Waals surface area contributed by atoms with E-state index < -0.39 is 0 Å². The lowest BCUT2D eigenvalue weighted by atomic mass is 9.86. The van der Waals surface area contributed by atoms with Gasteiger partial charge in [0.15, 0.2) is 6.61 Å². The van der Waals surface area contributed by atoms with Crippen molar-refractivity contribution in [1.29, 1.82) is 0 Å². The molecule has 23 heavy (non-hydrogen) atoms. The molecule has 0 fully saturated rings. The molecule has 0 aliphatic carbocycles. The molecule has 0 aliphatic heterocycles. The van der Waals surface area contributed by atoms with Crippen LogP contribution in [0.3, 0.4) is 0 Å². The zero-order chi connectivity index (χ0) is 17.0. The van der Waals surface area contributed by atoms with Crippen molar-refractivity contribution in [3.8, 4) is 11.5 Å². The van der Waals surface area contributed by atoms with Crippen molar-refractivity contribution < 1.29 is 14.6 Å². The molecule has 2 N–H and O–H groups in total. The minimum Gasteiger partial charge on any atom is -0.508 e. The van der Waals surface area contributed by atoms with Gasteiger partial charge in [0.1, 0.15) is 11.5 Å². The van der Waals surface area contributed by atoms with E-state index in [0.29, 0.717) is 11.4 Å². The topological polar surface area (TPSA) is 58.6 Å². The number of hydrogen-bond acceptors (Lipinski definition) is 3. The van der Waals surface area contributed by atoms with E-state index in [4.69, 9.17) is 4.74 Å². The fraction of sp³-hybridized carbons (Fsp3) is 0.278. The normalized spacial score (nSPS) is 11.1. The number of halogens is 1. The van der Waals surface area contributed by atoms with Crippen LogP contribution in [0.25, 0.3) is 0 Å². The summed E-state index contributed by atoms with van der Waals surface area (Å²) in [6, 6.07) is 12.1. The molecular formula is C18H20BrNO3. The predicted molar refractivity (Wildman–Crippen MR) is 95.1 cm³/mol. The number of aromatic hydroxyl groups is 1. The lowest BCUT2D eigenvalue weighted by Gasteiger charge is -2.23. The Hall–Kier alpha value is -2.01. The van der Waals surface area contributed by atoms with Crippen molar-refractivity contribution >= 4 is 27.5 Å². The van der Waals surface area contributed by atoms with Crippen LogP contribution in [0.15, 0.2) is 46.9 Å². The van der Waals surface area contributed by atoms with E-state index in [1.165, 1.54) is 12.1 Å². The number of nitrogens with one attached hydrogen (secondary N) is 1. The van der Waals surface area contributed by atoms with E-state index in [1.807, 2.05) is 18.2 Å². The number of phenols is 1. The summed E-state index contributed by atoms with van der Waals surface area (Å²) in [7, 11) is 0. The molecule has 0 atom stereocenters. The highest BCUT2D eigenvalue weighted by Gasteiger charge is 2.20. The maximum Gasteiger partial charge on any atom is 0.262 e. The Bertz CT molecular complexity index is 690. The highest BCUT2D eigenvalue weighted by molar-refractivity contribution is 9.10. The molecule has 0 saturated carbocycles. The molecule has 2 aromatic carbocycles. The van der Waals surface area contributed by atoms with Crippen molar-refractivity contribution in [2.45, 2.75) is 26.2 Å². The van der Waals surface area contributed by atoms with Crippen LogP contribution in [0.1, 0.15) is 26.3 Å². The van der Waals surface area contributed by atoms with Crippen LogP contribution < -0.4 is 10.1 Å². The first kappa shape index (κ1) is 17.3. The smallest absolute Gasteiger partial charge is 0.262 e. The van der Waals surface area contributed by atoms with Gasteiger partial charge in [0.05, 0.1) is 0 Å². The molecule has 0 unspecified atom stereocenters. The highest BCUT2D eigenvalue weighted by Crippen LogP contribution is 2.33. The van der Waals surface area contributed by atoms with Gasteiger partial charge < -0.3 is 15.2 Å². The molecule has 0 spiro atoms. The van der Waals surface area contributed by atoms with Gasteiger partial charge in [-0.2, -0.15) is 0 Å². The van der Waals surface area contributed by atoms with E-state index in [9.17, 15) is 9.90 Å². The second-order valence-corrected chi connectivity index (χ2v) is 7.19. The molecule has 0 aromatic heterocycles. The molecule has 122 valence electrons. The number of anilines is 1. The Kier molecular flexibility index (Phi) is 5.31. The minimum atomic E-state index is -0.251. The van der Waals surface area contributed by atoms with Crippen LogP contribution in [0.2, 0.25) is 0 Å². The standard InChI is InChI=1S/C18H20BrNO3/c1-18(2,3)15-10-12(19)4-9-16(15)23-11-17(22)20-13-5-7-14(21)8-6-13/h4-10,21H,11H2,1-3H3,(H,20,22). The molecule has 4 nitrogen and oxygen atoms in total. The summed E-state index contributed by atoms with van der Waals surface area (Å²) in [5, 5.41) is 12.0. The number of benzene rings is 2. The number of phenolic OH excluding ortho intramolecular Hbond substituents is 1. The highest BCUT2D eigenvalue weighted by atomic mass is 79.9. The largest absolute Gasteiger partial charge is 0.508 e. The lowest BCUT2D eigenvalue weighted by Crippen LogP contribution is -2.22. The molecule has 0 saturated heterocycles. The fourth-order valence-corrected chi connectivity index (χ4v) is 2.46. The maximum absolute atomic E-state index is 12.0. The van der Waals surface area contributed by atoms with Gasteiger partial charge in [0.25, 0.3) is 5.91 Å². The van der Waals surface area contributed by atoms with Gasteiger partial charge in [-0.3, -0.25) is 4.79 Å². The Balaban J connectivity index is 2.03. The average Bonchev–Trinajstić information content (AvgIpc) is 2.47. The third-order valence-electron chi connectivity index (χ3n) is 3.26. The maximum atomic E-state index is 12.0. The fourth-order valence-electron chi connectivity index (χ4n) is 2.10. The van der Waals surface area contributed by atoms with E-state index in [2.05, 4.69) is 42.0 Å². The zero-order valence-electron chi connectivity index (χ0n) is 13.4. The van der Waals surface area contributed by atoms with Crippen LogP contribution in [0.4, 0.5) is 5.69 Å². The van der Waals surface area contributed by atoms with Gasteiger partial charge in [-0.1, -0.05) is 36.7 Å². The summed E-state index contributed by atoms with van der Waals surface area (Å²) in [5.41, 5.74) is 1.56. The van der Waals surface area contributed by atoms with Crippen LogP contribution in [0.5, 0.6) is 11.5 Å². The summed E-state index contributed by atoms with van der Waals surface area (Å²) in [4.78, 5) is 12.0. The molecule has 0 radical (unpaired) electrons. The molecule has 0 aliphatic rings. The second-order valence-electron chi connectivity index (χ2n) is 6.27. The van der Waals surface area contributed by atoms with Gasteiger partial charge >= 0.3 is 0 Å². The van der Waals surface area contributed by atoms with Crippen LogP contribution in [-0.4, -0.2) is 17.6 Å². The molecule has 0 bridgehead atoms. The van der Waals surface area contributed by atoms with Crippen molar-refractivity contribution in [3.63, 3.8) is 0 Å². The number of carbonyl (C=O) groups excluding carboxylic acids is 1. The van der Waals surface area contributed by atoms with E-state index >= 15 is 0 Å². The molecule has 5 heteroatoms. The number of carbonyl (C=O) groups is 1. The summed E-state index contributed by atoms with van der Waals surface area (Å²) in [5.74, 6) is 0.601. The van der Waals surface area contributed by atoms with E-state index in [0.717, 1.165) is 10.0 Å². The zero-order valence-corrected chi connectivity index (χ0v) is 15.0. The summed E-state index contributed by atoms with van der Waals surface area (Å²) < 4.78 is 6.67. The first-order valence-electron chi connectivity index (χ1n) is 7.27. The van der Waals surface area contributed by atoms with Gasteiger partial charge in [0.2, 0.25) is 0 Å². The second kappa shape index (κ2) is 7.04. The van der Waals surface area contributed by atoms with Gasteiger partial charge in [-0.25, -0.2) is 0 Å². The molecule has 2 aromatic rings. The Morgan fingerprint density at radius 1 is 1.17 bits per heavy atom. The minimum absolute atomic E-state index is 0.0778. The molecular weight excluding hydrogens is 358 g/mol. The van der Waals surface area contributed by atoms with Gasteiger partial charge in [-0.15, -0.1) is 0 Å². The summed E-state index contributed by atoms with van der Waals surface area (Å²) in [6.07, 6.45) is 0. The van der Waals surface area contributed by atoms with Crippen molar-refractivity contribution in [2.24, 2.45) is 0 Å². The Morgan fingerprint density at radius 3 is 2.43 bits per heavy atom. The van der Waals surface area contributed by atoms with Crippen molar-refractivity contribution in [3.05, 3.63) is 52.5 Å². The predicted octanol–water partition coefficient (Wildman–Crippen LogP) is 4.47. The first-order chi connectivity index (χ1) is 10.8. The van der Waals surface area contributed by atoms with E-state index in [-0.39, 0.29) is 23.7 Å². The Labute approximate surface area is 144 Å². The SMILES string of the molecule is CC(C)(C)c1cc(Br)ccc1OCC(=O)Nc1ccc(O)cc1. The van der Waals surface area contributed by atoms with Crippen molar-refractivity contribution in [2.75, 3.05) is 11.9 Å². The third kappa shape index (κ3) is 4.99. The van der Waals surface area contributed by atoms with Crippen molar-refractivity contribution in [1.82, 2.24) is 0 Å². The third-order valence-corrected chi connectivity index (χ3v) is 3.75. The number of amides is 1. The van der Waals surface area contributed by atoms with Gasteiger partial charge in [-0.05, 0) is 47.9 Å². The van der Waals surface area contributed by atoms with Gasteiger partial charge in [0, 0.05) is 15.7 Å². The van der Waals surface area contributed by atoms with Crippen LogP contribution >= 0.6 is 15.9 Å². The number of rotatable bonds is 4. The molecule has 1 amide bonds. The lowest BCUT2D eigenvalue weighted by molar-refractivity contribution is -0.118. The van der Waals surface area contributed by atoms with E-state index in [1.54, 1.807) is 12.1 Å². The first-order valence-corrected chi connectivity index (χ1v) is 8.07.